The molecule has 0 radical (unpaired) electrons. The summed E-state index contributed by atoms with van der Waals surface area (Å²) in [5.74, 6) is 1.85. The monoisotopic (exact) mass is 799 g/mol. The lowest BCUT2D eigenvalue weighted by Gasteiger charge is -2.42. The van der Waals surface area contributed by atoms with Crippen LogP contribution in [0.5, 0.6) is 0 Å². The van der Waals surface area contributed by atoms with Gasteiger partial charge in [-0.25, -0.2) is 4.98 Å². The van der Waals surface area contributed by atoms with E-state index < -0.39 is 0 Å². The predicted molar refractivity (Wildman–Crippen MR) is 258 cm³/mol. The van der Waals surface area contributed by atoms with Crippen LogP contribution >= 0.6 is 0 Å². The number of para-hydroxylation sites is 2. The fraction of sp³-hybridized carbons (Fsp3) is 0.140. The van der Waals surface area contributed by atoms with Crippen LogP contribution in [0.25, 0.3) is 99.9 Å². The molecule has 3 heterocycles. The molecule has 1 aliphatic rings. The summed E-state index contributed by atoms with van der Waals surface area (Å²) in [5, 5.41) is 7.35. The highest BCUT2D eigenvalue weighted by Gasteiger charge is 2.38. The van der Waals surface area contributed by atoms with E-state index in [1.165, 1.54) is 60.0 Å². The third-order valence-electron chi connectivity index (χ3n) is 13.6. The van der Waals surface area contributed by atoms with Crippen molar-refractivity contribution < 1.29 is 0 Å². The van der Waals surface area contributed by atoms with Gasteiger partial charge in [0.1, 0.15) is 0 Å². The standard InChI is InChI=1S/C57H45N5/c1-56(2)31-32-57(3,4)46-35-50-44(34-45(46)56)52-48(61(50)42-19-9-6-10-20-42)29-30-49-51(52)43-21-13-14-22-47(43)62(49)55-59-53(38-16-7-5-8-17-38)58-54(60-55)39-26-23-37(24-27-39)41-28-25-36-15-11-12-18-40(36)33-41/h5-30,33-35H,31-32H2,1-4H3. The molecule has 8 aromatic carbocycles. The average Bonchev–Trinajstić information content (AvgIpc) is 3.83. The van der Waals surface area contributed by atoms with Crippen LogP contribution in [0.2, 0.25) is 0 Å². The molecule has 5 heteroatoms. The van der Waals surface area contributed by atoms with Crippen molar-refractivity contribution in [1.82, 2.24) is 24.1 Å². The highest BCUT2D eigenvalue weighted by Crippen LogP contribution is 2.50. The minimum absolute atomic E-state index is 0.0604. The van der Waals surface area contributed by atoms with Crippen LogP contribution in [0.15, 0.2) is 176 Å². The molecule has 0 atom stereocenters. The third kappa shape index (κ3) is 5.65. The fourth-order valence-corrected chi connectivity index (χ4v) is 10.2. The van der Waals surface area contributed by atoms with Crippen LogP contribution < -0.4 is 0 Å². The summed E-state index contributed by atoms with van der Waals surface area (Å²) in [7, 11) is 0. The molecule has 11 aromatic rings. The first-order valence-corrected chi connectivity index (χ1v) is 21.7. The molecular formula is C57H45N5. The maximum Gasteiger partial charge on any atom is 0.238 e. The number of hydrogen-bond acceptors (Lipinski definition) is 3. The van der Waals surface area contributed by atoms with Crippen LogP contribution in [0, 0.1) is 0 Å². The van der Waals surface area contributed by atoms with E-state index in [-0.39, 0.29) is 10.8 Å². The zero-order valence-corrected chi connectivity index (χ0v) is 35.4. The smallest absolute Gasteiger partial charge is 0.238 e. The quantitative estimate of drug-likeness (QED) is 0.174. The summed E-state index contributed by atoms with van der Waals surface area (Å²) in [4.78, 5) is 15.8. The van der Waals surface area contributed by atoms with Gasteiger partial charge in [0, 0.05) is 38.4 Å². The topological polar surface area (TPSA) is 48.5 Å². The molecule has 0 spiro atoms. The molecule has 1 aliphatic carbocycles. The second-order valence-corrected chi connectivity index (χ2v) is 18.3. The third-order valence-corrected chi connectivity index (χ3v) is 13.6. The van der Waals surface area contributed by atoms with Crippen LogP contribution in [0.3, 0.4) is 0 Å². The Bertz CT molecular complexity index is 3560. The summed E-state index contributed by atoms with van der Waals surface area (Å²) in [6.07, 6.45) is 2.32. The molecule has 0 N–H and O–H groups in total. The molecule has 62 heavy (non-hydrogen) atoms. The van der Waals surface area contributed by atoms with Gasteiger partial charge in [0.05, 0.1) is 22.1 Å². The van der Waals surface area contributed by atoms with E-state index in [2.05, 4.69) is 195 Å². The van der Waals surface area contributed by atoms with E-state index in [9.17, 15) is 0 Å². The zero-order chi connectivity index (χ0) is 41.7. The van der Waals surface area contributed by atoms with Gasteiger partial charge < -0.3 is 4.57 Å². The van der Waals surface area contributed by atoms with E-state index in [4.69, 9.17) is 15.0 Å². The number of nitrogens with zero attached hydrogens (tertiary/aromatic N) is 5. The van der Waals surface area contributed by atoms with Gasteiger partial charge in [-0.15, -0.1) is 0 Å². The predicted octanol–water partition coefficient (Wildman–Crippen LogP) is 14.6. The minimum atomic E-state index is 0.0604. The summed E-state index contributed by atoms with van der Waals surface area (Å²) in [5.41, 5.74) is 12.9. The van der Waals surface area contributed by atoms with Crippen LogP contribution in [-0.4, -0.2) is 24.1 Å². The maximum absolute atomic E-state index is 5.34. The molecule has 0 saturated heterocycles. The number of fused-ring (bicyclic) bond motifs is 9. The largest absolute Gasteiger partial charge is 0.309 e. The van der Waals surface area contributed by atoms with E-state index in [0.717, 1.165) is 46.3 Å². The Balaban J connectivity index is 1.11. The van der Waals surface area contributed by atoms with E-state index in [1.54, 1.807) is 0 Å². The first kappa shape index (κ1) is 36.5. The van der Waals surface area contributed by atoms with Gasteiger partial charge in [-0.3, -0.25) is 4.57 Å². The first-order chi connectivity index (χ1) is 30.2. The van der Waals surface area contributed by atoms with E-state index in [1.807, 2.05) is 18.2 Å². The zero-order valence-electron chi connectivity index (χ0n) is 35.4. The highest BCUT2D eigenvalue weighted by molar-refractivity contribution is 6.29. The summed E-state index contributed by atoms with van der Waals surface area (Å²) in [6.45, 7) is 9.68. The van der Waals surface area contributed by atoms with Crippen molar-refractivity contribution in [3.63, 3.8) is 0 Å². The SMILES string of the molecule is CC1(C)CCC(C)(C)c2cc3c(cc21)c1c2c4ccccc4n(-c4nc(-c5ccccc5)nc(-c5ccc(-c6ccc7ccccc7c6)cc5)n4)c2ccc1n3-c1ccccc1. The van der Waals surface area contributed by atoms with Gasteiger partial charge in [0.15, 0.2) is 11.6 Å². The van der Waals surface area contributed by atoms with Crippen molar-refractivity contribution in [2.45, 2.75) is 51.4 Å². The maximum atomic E-state index is 5.34. The van der Waals surface area contributed by atoms with Crippen molar-refractivity contribution in [1.29, 1.82) is 0 Å². The number of aromatic nitrogens is 5. The van der Waals surface area contributed by atoms with Gasteiger partial charge in [-0.1, -0.05) is 155 Å². The van der Waals surface area contributed by atoms with Crippen molar-refractivity contribution >= 4 is 54.4 Å². The second-order valence-electron chi connectivity index (χ2n) is 18.3. The van der Waals surface area contributed by atoms with Crippen LogP contribution in [-0.2, 0) is 10.8 Å². The summed E-state index contributed by atoms with van der Waals surface area (Å²) in [6, 6.07) is 63.2. The Hall–Kier alpha value is -7.37. The molecule has 0 bridgehead atoms. The van der Waals surface area contributed by atoms with E-state index >= 15 is 0 Å². The second kappa shape index (κ2) is 13.6. The Labute approximate surface area is 361 Å². The van der Waals surface area contributed by atoms with Gasteiger partial charge >= 0.3 is 0 Å². The van der Waals surface area contributed by atoms with Crippen LogP contribution in [0.1, 0.15) is 51.7 Å². The van der Waals surface area contributed by atoms with Crippen molar-refractivity contribution in [2.24, 2.45) is 0 Å². The molecule has 3 aromatic heterocycles. The van der Waals surface area contributed by atoms with Crippen molar-refractivity contribution in [3.05, 3.63) is 187 Å². The lowest BCUT2D eigenvalue weighted by atomic mass is 9.63. The molecule has 5 nitrogen and oxygen atoms in total. The average molecular weight is 800 g/mol. The van der Waals surface area contributed by atoms with Crippen molar-refractivity contribution in [3.8, 4) is 45.5 Å². The molecule has 0 saturated carbocycles. The lowest BCUT2D eigenvalue weighted by Crippen LogP contribution is -2.33. The highest BCUT2D eigenvalue weighted by atomic mass is 15.2. The molecule has 12 rings (SSSR count). The van der Waals surface area contributed by atoms with Crippen molar-refractivity contribution in [2.75, 3.05) is 0 Å². The Morgan fingerprint density at radius 2 is 0.935 bits per heavy atom. The van der Waals surface area contributed by atoms with Gasteiger partial charge in [-0.05, 0) is 105 Å². The van der Waals surface area contributed by atoms with Gasteiger partial charge in [0.25, 0.3) is 0 Å². The fourth-order valence-electron chi connectivity index (χ4n) is 10.2. The van der Waals surface area contributed by atoms with Gasteiger partial charge in [-0.2, -0.15) is 9.97 Å². The van der Waals surface area contributed by atoms with E-state index in [0.29, 0.717) is 17.6 Å². The summed E-state index contributed by atoms with van der Waals surface area (Å²) >= 11 is 0. The molecule has 0 unspecified atom stereocenters. The van der Waals surface area contributed by atoms with Gasteiger partial charge in [0.2, 0.25) is 5.95 Å². The number of hydrogen-bond donors (Lipinski definition) is 0. The molecule has 0 amide bonds. The first-order valence-electron chi connectivity index (χ1n) is 21.7. The minimum Gasteiger partial charge on any atom is -0.309 e. The normalized spacial score (nSPS) is 14.6. The summed E-state index contributed by atoms with van der Waals surface area (Å²) < 4.78 is 4.73. The molecule has 298 valence electrons. The lowest BCUT2D eigenvalue weighted by molar-refractivity contribution is 0.332. The number of benzene rings is 8. The Morgan fingerprint density at radius 1 is 0.387 bits per heavy atom. The molecule has 0 fully saturated rings. The molecule has 0 aliphatic heterocycles. The number of rotatable bonds is 5. The molecular weight excluding hydrogens is 755 g/mol. The Kier molecular flexibility index (Phi) is 7.98. The Morgan fingerprint density at radius 3 is 1.66 bits per heavy atom. The van der Waals surface area contributed by atoms with Crippen LogP contribution in [0.4, 0.5) is 0 Å².